The summed E-state index contributed by atoms with van der Waals surface area (Å²) in [5.74, 6) is 0.718. The lowest BCUT2D eigenvalue weighted by Crippen LogP contribution is -2.34. The minimum atomic E-state index is -0.0851. The molecule has 0 aromatic carbocycles. The van der Waals surface area contributed by atoms with E-state index in [9.17, 15) is 9.59 Å². The molecule has 1 aromatic rings. The number of aryl methyl sites for hydroxylation is 1. The van der Waals surface area contributed by atoms with Crippen LogP contribution < -0.4 is 10.9 Å². The van der Waals surface area contributed by atoms with Crippen LogP contribution in [-0.4, -0.2) is 27.3 Å². The van der Waals surface area contributed by atoms with Gasteiger partial charge in [-0.3, -0.25) is 14.2 Å². The normalized spacial score (nSPS) is 17.6. The summed E-state index contributed by atoms with van der Waals surface area (Å²) in [7, 11) is 0. The molecule has 5 nitrogen and oxygen atoms in total. The number of thioether (sulfide) groups is 1. The van der Waals surface area contributed by atoms with E-state index in [0.717, 1.165) is 16.6 Å². The lowest BCUT2D eigenvalue weighted by molar-refractivity contribution is -0.122. The molecule has 1 amide bonds. The number of amides is 1. The van der Waals surface area contributed by atoms with Gasteiger partial charge < -0.3 is 5.32 Å². The van der Waals surface area contributed by atoms with Crippen molar-refractivity contribution < 1.29 is 4.79 Å². The molecule has 0 fully saturated rings. The average Bonchev–Trinajstić information content (AvgIpc) is 2.68. The predicted octanol–water partition coefficient (Wildman–Crippen LogP) is 1.42. The van der Waals surface area contributed by atoms with Crippen molar-refractivity contribution in [3.05, 3.63) is 21.6 Å². The fraction of sp³-hybridized carbons (Fsp3) is 0.615. The molecule has 1 aliphatic rings. The van der Waals surface area contributed by atoms with E-state index in [2.05, 4.69) is 10.3 Å². The maximum absolute atomic E-state index is 12.3. The van der Waals surface area contributed by atoms with Gasteiger partial charge in [-0.05, 0) is 27.7 Å². The van der Waals surface area contributed by atoms with Gasteiger partial charge in [-0.2, -0.15) is 0 Å². The standard InChI is InChI=1S/C13H19N3O2S/c1-7(2)14-11(17)5-10-6-19-13-15-9(4)8(3)12(18)16(10)13/h7,10H,5-6H2,1-4H3,(H,14,17). The molecule has 0 radical (unpaired) electrons. The molecule has 1 atom stereocenters. The Balaban J connectivity index is 2.25. The Bertz CT molecular complexity index is 566. The summed E-state index contributed by atoms with van der Waals surface area (Å²) in [5, 5.41) is 3.59. The van der Waals surface area contributed by atoms with Crippen LogP contribution in [0.5, 0.6) is 0 Å². The highest BCUT2D eigenvalue weighted by atomic mass is 32.2. The van der Waals surface area contributed by atoms with Crippen LogP contribution >= 0.6 is 11.8 Å². The molecule has 1 aromatic heterocycles. The Morgan fingerprint density at radius 2 is 2.21 bits per heavy atom. The predicted molar refractivity (Wildman–Crippen MR) is 75.6 cm³/mol. The minimum Gasteiger partial charge on any atom is -0.354 e. The zero-order valence-electron chi connectivity index (χ0n) is 11.7. The topological polar surface area (TPSA) is 64.0 Å². The van der Waals surface area contributed by atoms with Crippen molar-refractivity contribution >= 4 is 17.7 Å². The van der Waals surface area contributed by atoms with E-state index in [1.807, 2.05) is 20.8 Å². The number of hydrogen-bond donors (Lipinski definition) is 1. The van der Waals surface area contributed by atoms with Crippen molar-refractivity contribution in [3.8, 4) is 0 Å². The molecule has 2 rings (SSSR count). The van der Waals surface area contributed by atoms with Gasteiger partial charge >= 0.3 is 0 Å². The third kappa shape index (κ3) is 2.83. The Hall–Kier alpha value is -1.30. The lowest BCUT2D eigenvalue weighted by atomic mass is 10.2. The van der Waals surface area contributed by atoms with Crippen molar-refractivity contribution in [3.63, 3.8) is 0 Å². The second-order valence-corrected chi connectivity index (χ2v) is 6.16. The van der Waals surface area contributed by atoms with Crippen LogP contribution in [0.15, 0.2) is 9.95 Å². The first kappa shape index (κ1) is 14.1. The summed E-state index contributed by atoms with van der Waals surface area (Å²) in [6, 6.07) is 0.0358. The van der Waals surface area contributed by atoms with E-state index < -0.39 is 0 Å². The maximum atomic E-state index is 12.3. The first-order chi connectivity index (χ1) is 8.90. The highest BCUT2D eigenvalue weighted by Crippen LogP contribution is 2.32. The van der Waals surface area contributed by atoms with Gasteiger partial charge in [0, 0.05) is 29.5 Å². The fourth-order valence-corrected chi connectivity index (χ4v) is 3.30. The van der Waals surface area contributed by atoms with Gasteiger partial charge in [-0.15, -0.1) is 0 Å². The third-order valence-electron chi connectivity index (χ3n) is 3.19. The second kappa shape index (κ2) is 5.36. The zero-order valence-corrected chi connectivity index (χ0v) is 12.5. The van der Waals surface area contributed by atoms with Crippen LogP contribution in [0, 0.1) is 13.8 Å². The summed E-state index contributed by atoms with van der Waals surface area (Å²) in [4.78, 5) is 28.5. The van der Waals surface area contributed by atoms with Crippen LogP contribution in [0.3, 0.4) is 0 Å². The molecule has 1 aliphatic heterocycles. The summed E-state index contributed by atoms with van der Waals surface area (Å²) in [5.41, 5.74) is 1.42. The van der Waals surface area contributed by atoms with Gasteiger partial charge in [-0.1, -0.05) is 11.8 Å². The number of nitrogens with zero attached hydrogens (tertiary/aromatic N) is 2. The van der Waals surface area contributed by atoms with Gasteiger partial charge in [0.1, 0.15) is 0 Å². The Labute approximate surface area is 116 Å². The van der Waals surface area contributed by atoms with E-state index in [-0.39, 0.29) is 23.6 Å². The second-order valence-electron chi connectivity index (χ2n) is 5.17. The van der Waals surface area contributed by atoms with Crippen molar-refractivity contribution in [2.24, 2.45) is 0 Å². The number of nitrogens with one attached hydrogen (secondary N) is 1. The molecular weight excluding hydrogens is 262 g/mol. The molecule has 0 spiro atoms. The number of hydrogen-bond acceptors (Lipinski definition) is 4. The average molecular weight is 281 g/mol. The molecule has 2 heterocycles. The molecular formula is C13H19N3O2S. The Kier molecular flexibility index (Phi) is 3.99. The smallest absolute Gasteiger partial charge is 0.257 e. The van der Waals surface area contributed by atoms with Gasteiger partial charge in [0.05, 0.1) is 6.04 Å². The lowest BCUT2D eigenvalue weighted by Gasteiger charge is -2.15. The van der Waals surface area contributed by atoms with Crippen LogP contribution in [0.4, 0.5) is 0 Å². The van der Waals surface area contributed by atoms with Crippen LogP contribution in [0.2, 0.25) is 0 Å². The SMILES string of the molecule is Cc1nc2n(c(=O)c1C)C(CC(=O)NC(C)C)CS2. The van der Waals surface area contributed by atoms with Crippen molar-refractivity contribution in [1.82, 2.24) is 14.9 Å². The van der Waals surface area contributed by atoms with Gasteiger partial charge in [0.2, 0.25) is 5.91 Å². The highest BCUT2D eigenvalue weighted by molar-refractivity contribution is 7.99. The van der Waals surface area contributed by atoms with Gasteiger partial charge in [0.15, 0.2) is 5.16 Å². The Morgan fingerprint density at radius 1 is 1.53 bits per heavy atom. The molecule has 1 N–H and O–H groups in total. The molecule has 104 valence electrons. The summed E-state index contributed by atoms with van der Waals surface area (Å²) >= 11 is 1.55. The minimum absolute atomic E-state index is 0.0152. The number of fused-ring (bicyclic) bond motifs is 1. The number of carbonyl (C=O) groups is 1. The maximum Gasteiger partial charge on any atom is 0.257 e. The monoisotopic (exact) mass is 281 g/mol. The largest absolute Gasteiger partial charge is 0.354 e. The van der Waals surface area contributed by atoms with E-state index in [0.29, 0.717) is 12.0 Å². The summed E-state index contributed by atoms with van der Waals surface area (Å²) < 4.78 is 1.67. The van der Waals surface area contributed by atoms with Crippen LogP contribution in [0.1, 0.15) is 37.6 Å². The highest BCUT2D eigenvalue weighted by Gasteiger charge is 2.28. The molecule has 1 unspecified atom stereocenters. The van der Waals surface area contributed by atoms with E-state index in [4.69, 9.17) is 0 Å². The molecule has 0 saturated carbocycles. The Morgan fingerprint density at radius 3 is 2.84 bits per heavy atom. The van der Waals surface area contributed by atoms with Gasteiger partial charge in [0.25, 0.3) is 5.56 Å². The quantitative estimate of drug-likeness (QED) is 0.851. The number of aromatic nitrogens is 2. The molecule has 6 heteroatoms. The fourth-order valence-electron chi connectivity index (χ4n) is 2.12. The first-order valence-electron chi connectivity index (χ1n) is 6.42. The number of rotatable bonds is 3. The molecule has 19 heavy (non-hydrogen) atoms. The van der Waals surface area contributed by atoms with Crippen LogP contribution in [-0.2, 0) is 4.79 Å². The summed E-state index contributed by atoms with van der Waals surface area (Å²) in [6.07, 6.45) is 0.336. The third-order valence-corrected chi connectivity index (χ3v) is 4.29. The van der Waals surface area contributed by atoms with E-state index >= 15 is 0 Å². The summed E-state index contributed by atoms with van der Waals surface area (Å²) in [6.45, 7) is 7.48. The molecule has 0 bridgehead atoms. The van der Waals surface area contributed by atoms with Crippen molar-refractivity contribution in [2.45, 2.75) is 51.4 Å². The van der Waals surface area contributed by atoms with Crippen LogP contribution in [0.25, 0.3) is 0 Å². The first-order valence-corrected chi connectivity index (χ1v) is 7.40. The molecule has 0 aliphatic carbocycles. The van der Waals surface area contributed by atoms with E-state index in [1.165, 1.54) is 0 Å². The van der Waals surface area contributed by atoms with Crippen molar-refractivity contribution in [2.75, 3.05) is 5.75 Å². The van der Waals surface area contributed by atoms with Gasteiger partial charge in [-0.25, -0.2) is 4.98 Å². The number of carbonyl (C=O) groups excluding carboxylic acids is 1. The molecule has 0 saturated heterocycles. The van der Waals surface area contributed by atoms with Crippen molar-refractivity contribution in [1.29, 1.82) is 0 Å². The zero-order chi connectivity index (χ0) is 14.2. The van der Waals surface area contributed by atoms with E-state index in [1.54, 1.807) is 23.3 Å².